The molecule has 9 nitrogen and oxygen atoms in total. The van der Waals surface area contributed by atoms with Gasteiger partial charge in [0.05, 0.1) is 10.9 Å². The van der Waals surface area contributed by atoms with E-state index in [-0.39, 0.29) is 35.2 Å². The number of carbonyl (C=O) groups excluding carboxylic acids is 1. The van der Waals surface area contributed by atoms with E-state index >= 15 is 0 Å². The number of aryl methyl sites for hydroxylation is 1. The summed E-state index contributed by atoms with van der Waals surface area (Å²) < 4.78 is 29.5. The number of nitrogens with one attached hydrogen (secondary N) is 1. The van der Waals surface area contributed by atoms with E-state index in [0.717, 1.165) is 28.1 Å². The molecule has 1 aliphatic heterocycles. The van der Waals surface area contributed by atoms with Gasteiger partial charge < -0.3 is 14.9 Å². The number of amides is 1. The minimum Gasteiger partial charge on any atom is -0.481 e. The van der Waals surface area contributed by atoms with Crippen LogP contribution in [0.4, 0.5) is 5.82 Å². The second-order valence-corrected chi connectivity index (χ2v) is 14.1. The molecule has 0 radical (unpaired) electrons. The number of benzene rings is 3. The maximum Gasteiger partial charge on any atom is 0.303 e. The molecule has 2 aliphatic rings. The smallest absolute Gasteiger partial charge is 0.303 e. The van der Waals surface area contributed by atoms with E-state index < -0.39 is 16.0 Å². The molecule has 2 heterocycles. The standard InChI is InChI=1S/C37H40N4O5S/c42-36(43)22-11-27-9-12-28(13-10-27)29-16-20-33(21-17-29)47(45,46)39-32-18-14-31(15-19-32)37(44)41-25-24-40(35-8-4-5-23-38-35)26-34(41)30-6-2-1-3-7-30/h1-10,12-13,16-17,20-21,23,31-32,34,39H,11,14-15,18-19,22,24-26H2,(H,42,43)/t31?,32?,34-/m1/s1. The average Bonchev–Trinajstić information content (AvgIpc) is 3.11. The summed E-state index contributed by atoms with van der Waals surface area (Å²) in [5.41, 5.74) is 3.84. The third-order valence-electron chi connectivity index (χ3n) is 9.30. The zero-order chi connectivity index (χ0) is 32.8. The van der Waals surface area contributed by atoms with Gasteiger partial charge in [-0.15, -0.1) is 0 Å². The number of anilines is 1. The van der Waals surface area contributed by atoms with E-state index in [1.54, 1.807) is 30.5 Å². The zero-order valence-electron chi connectivity index (χ0n) is 26.2. The fraction of sp³-hybridized carbons (Fsp3) is 0.324. The van der Waals surface area contributed by atoms with Gasteiger partial charge in [0.1, 0.15) is 5.82 Å². The van der Waals surface area contributed by atoms with Crippen molar-refractivity contribution in [3.8, 4) is 11.1 Å². The van der Waals surface area contributed by atoms with Gasteiger partial charge in [-0.1, -0.05) is 72.8 Å². The number of pyridine rings is 1. The number of piperazine rings is 1. The summed E-state index contributed by atoms with van der Waals surface area (Å²) in [5.74, 6) is 0.0839. The molecule has 1 amide bonds. The first-order valence-corrected chi connectivity index (χ1v) is 17.7. The number of sulfonamides is 1. The molecule has 2 fully saturated rings. The highest BCUT2D eigenvalue weighted by atomic mass is 32.2. The first-order valence-electron chi connectivity index (χ1n) is 16.2. The van der Waals surface area contributed by atoms with Crippen molar-refractivity contribution in [1.82, 2.24) is 14.6 Å². The molecule has 1 aromatic heterocycles. The number of aromatic nitrogens is 1. The van der Waals surface area contributed by atoms with Gasteiger partial charge >= 0.3 is 5.97 Å². The normalized spacial score (nSPS) is 20.1. The molecule has 1 atom stereocenters. The minimum atomic E-state index is -3.73. The molecule has 1 aliphatic carbocycles. The van der Waals surface area contributed by atoms with Crippen LogP contribution in [0.5, 0.6) is 0 Å². The van der Waals surface area contributed by atoms with Gasteiger partial charge in [-0.05, 0) is 78.6 Å². The Labute approximate surface area is 276 Å². The van der Waals surface area contributed by atoms with E-state index in [4.69, 9.17) is 5.11 Å². The number of nitrogens with zero attached hydrogens (tertiary/aromatic N) is 3. The first-order chi connectivity index (χ1) is 22.8. The summed E-state index contributed by atoms with van der Waals surface area (Å²) in [6, 6.07) is 30.1. The number of carbonyl (C=O) groups is 2. The van der Waals surface area contributed by atoms with Crippen LogP contribution in [0.3, 0.4) is 0 Å². The second kappa shape index (κ2) is 14.5. The molecule has 1 saturated carbocycles. The largest absolute Gasteiger partial charge is 0.481 e. The lowest BCUT2D eigenvalue weighted by Gasteiger charge is -2.44. The molecule has 1 saturated heterocycles. The van der Waals surface area contributed by atoms with Crippen molar-refractivity contribution in [3.63, 3.8) is 0 Å². The molecule has 2 N–H and O–H groups in total. The highest BCUT2D eigenvalue weighted by molar-refractivity contribution is 7.89. The molecular weight excluding hydrogens is 612 g/mol. The Bertz CT molecular complexity index is 1760. The predicted octanol–water partition coefficient (Wildman–Crippen LogP) is 5.69. The second-order valence-electron chi connectivity index (χ2n) is 12.4. The van der Waals surface area contributed by atoms with Crippen molar-refractivity contribution >= 4 is 27.7 Å². The molecule has 0 unspecified atom stereocenters. The molecule has 6 rings (SSSR count). The number of rotatable bonds is 10. The van der Waals surface area contributed by atoms with Gasteiger partial charge in [0.2, 0.25) is 15.9 Å². The Morgan fingerprint density at radius 2 is 1.47 bits per heavy atom. The third kappa shape index (κ3) is 7.89. The lowest BCUT2D eigenvalue weighted by atomic mass is 9.85. The maximum atomic E-state index is 14.0. The van der Waals surface area contributed by atoms with Crippen LogP contribution in [-0.4, -0.2) is 61.0 Å². The Kier molecular flexibility index (Phi) is 9.98. The van der Waals surface area contributed by atoms with Crippen LogP contribution in [0.1, 0.15) is 49.3 Å². The minimum absolute atomic E-state index is 0.0795. The Morgan fingerprint density at radius 3 is 2.11 bits per heavy atom. The van der Waals surface area contributed by atoms with Crippen molar-refractivity contribution in [2.75, 3.05) is 24.5 Å². The van der Waals surface area contributed by atoms with E-state index in [9.17, 15) is 18.0 Å². The topological polar surface area (TPSA) is 120 Å². The van der Waals surface area contributed by atoms with Gasteiger partial charge in [0.25, 0.3) is 0 Å². The molecule has 3 aromatic carbocycles. The van der Waals surface area contributed by atoms with Crippen LogP contribution in [0.2, 0.25) is 0 Å². The molecule has 0 spiro atoms. The van der Waals surface area contributed by atoms with Crippen LogP contribution in [0, 0.1) is 5.92 Å². The van der Waals surface area contributed by atoms with Gasteiger partial charge in [0.15, 0.2) is 0 Å². The monoisotopic (exact) mass is 652 g/mol. The Balaban J connectivity index is 1.05. The number of carboxylic acids is 1. The summed E-state index contributed by atoms with van der Waals surface area (Å²) in [5, 5.41) is 8.90. The van der Waals surface area contributed by atoms with Crippen LogP contribution >= 0.6 is 0 Å². The lowest BCUT2D eigenvalue weighted by molar-refractivity contribution is -0.140. The van der Waals surface area contributed by atoms with Gasteiger partial charge in [-0.2, -0.15) is 0 Å². The molecular formula is C37H40N4O5S. The fourth-order valence-corrected chi connectivity index (χ4v) is 7.98. The van der Waals surface area contributed by atoms with Crippen molar-refractivity contribution in [2.24, 2.45) is 5.92 Å². The first kappa shape index (κ1) is 32.4. The summed E-state index contributed by atoms with van der Waals surface area (Å²) in [4.78, 5) is 33.8. The van der Waals surface area contributed by atoms with E-state index in [1.165, 1.54) is 0 Å². The summed E-state index contributed by atoms with van der Waals surface area (Å²) in [6.07, 6.45) is 4.81. The van der Waals surface area contributed by atoms with E-state index in [1.807, 2.05) is 65.6 Å². The van der Waals surface area contributed by atoms with Crippen molar-refractivity contribution in [1.29, 1.82) is 0 Å². The quantitative estimate of drug-likeness (QED) is 0.226. The zero-order valence-corrected chi connectivity index (χ0v) is 27.1. The highest BCUT2D eigenvalue weighted by Crippen LogP contribution is 2.33. The average molecular weight is 653 g/mol. The summed E-state index contributed by atoms with van der Waals surface area (Å²) in [7, 11) is -3.73. The van der Waals surface area contributed by atoms with Gasteiger partial charge in [-0.25, -0.2) is 18.1 Å². The number of hydrogen-bond donors (Lipinski definition) is 2. The van der Waals surface area contributed by atoms with Crippen LogP contribution in [-0.2, 0) is 26.0 Å². The summed E-state index contributed by atoms with van der Waals surface area (Å²) in [6.45, 7) is 1.98. The SMILES string of the molecule is O=C(O)CCc1ccc(-c2ccc(S(=O)(=O)NC3CCC(C(=O)N4CCN(c5ccccn5)C[C@@H]4c4ccccc4)CC3)cc2)cc1. The van der Waals surface area contributed by atoms with Gasteiger partial charge in [0, 0.05) is 44.2 Å². The third-order valence-corrected chi connectivity index (χ3v) is 10.8. The fourth-order valence-electron chi connectivity index (χ4n) is 6.68. The Morgan fingerprint density at radius 1 is 0.809 bits per heavy atom. The molecule has 10 heteroatoms. The number of hydrogen-bond acceptors (Lipinski definition) is 6. The molecule has 0 bridgehead atoms. The van der Waals surface area contributed by atoms with E-state index in [0.29, 0.717) is 51.7 Å². The van der Waals surface area contributed by atoms with Crippen molar-refractivity contribution in [3.05, 3.63) is 114 Å². The Hall–Kier alpha value is -4.54. The molecule has 244 valence electrons. The molecule has 47 heavy (non-hydrogen) atoms. The van der Waals surface area contributed by atoms with Crippen LogP contribution in [0.25, 0.3) is 11.1 Å². The van der Waals surface area contributed by atoms with Crippen LogP contribution in [0.15, 0.2) is 108 Å². The predicted molar refractivity (Wildman–Crippen MR) is 181 cm³/mol. The summed E-state index contributed by atoms with van der Waals surface area (Å²) >= 11 is 0. The maximum absolute atomic E-state index is 14.0. The number of aliphatic carboxylic acids is 1. The van der Waals surface area contributed by atoms with Crippen LogP contribution < -0.4 is 9.62 Å². The van der Waals surface area contributed by atoms with Crippen molar-refractivity contribution in [2.45, 2.75) is 55.5 Å². The lowest BCUT2D eigenvalue weighted by Crippen LogP contribution is -2.53. The molecule has 4 aromatic rings. The van der Waals surface area contributed by atoms with Gasteiger partial charge in [-0.3, -0.25) is 9.59 Å². The van der Waals surface area contributed by atoms with Crippen molar-refractivity contribution < 1.29 is 23.1 Å². The number of carboxylic acid groups (broad SMARTS) is 1. The van der Waals surface area contributed by atoms with E-state index in [2.05, 4.69) is 26.7 Å². The highest BCUT2D eigenvalue weighted by Gasteiger charge is 2.37.